The summed E-state index contributed by atoms with van der Waals surface area (Å²) in [5.74, 6) is 0.732. The third-order valence-corrected chi connectivity index (χ3v) is 4.38. The zero-order chi connectivity index (χ0) is 16.2. The predicted molar refractivity (Wildman–Crippen MR) is 89.9 cm³/mol. The lowest BCUT2D eigenvalue weighted by atomic mass is 10.1. The van der Waals surface area contributed by atoms with Crippen LogP contribution in [0.25, 0.3) is 0 Å². The number of carbonyl (C=O) groups is 1. The Bertz CT molecular complexity index is 690. The van der Waals surface area contributed by atoms with Gasteiger partial charge in [0.25, 0.3) is 0 Å². The normalized spacial score (nSPS) is 19.2. The molecule has 120 valence electrons. The molecule has 1 saturated carbocycles. The molecular formula is C18H17BrFNO2. The molecule has 0 heterocycles. The molecule has 3 rings (SSSR count). The van der Waals surface area contributed by atoms with Gasteiger partial charge in [-0.3, -0.25) is 4.79 Å². The van der Waals surface area contributed by atoms with Gasteiger partial charge in [-0.15, -0.1) is 0 Å². The molecule has 1 amide bonds. The molecule has 1 aliphatic rings. The lowest BCUT2D eigenvalue weighted by Gasteiger charge is -2.08. The van der Waals surface area contributed by atoms with Crippen molar-refractivity contribution in [3.8, 4) is 5.75 Å². The van der Waals surface area contributed by atoms with Crippen LogP contribution in [-0.2, 0) is 4.79 Å². The first-order valence-electron chi connectivity index (χ1n) is 7.55. The van der Waals surface area contributed by atoms with Gasteiger partial charge in [0.15, 0.2) is 0 Å². The number of halogens is 2. The molecule has 2 unspecified atom stereocenters. The summed E-state index contributed by atoms with van der Waals surface area (Å²) < 4.78 is 19.2. The van der Waals surface area contributed by atoms with Gasteiger partial charge in [-0.1, -0.05) is 28.1 Å². The number of ether oxygens (including phenoxy) is 1. The lowest BCUT2D eigenvalue weighted by Crippen LogP contribution is -2.29. The van der Waals surface area contributed by atoms with Crippen molar-refractivity contribution in [3.63, 3.8) is 0 Å². The number of rotatable bonds is 6. The average molecular weight is 378 g/mol. The van der Waals surface area contributed by atoms with Crippen LogP contribution in [-0.4, -0.2) is 19.1 Å². The minimum absolute atomic E-state index is 0.0510. The van der Waals surface area contributed by atoms with Gasteiger partial charge in [0.2, 0.25) is 5.91 Å². The summed E-state index contributed by atoms with van der Waals surface area (Å²) in [5.41, 5.74) is 1.20. The summed E-state index contributed by atoms with van der Waals surface area (Å²) in [6.45, 7) is 0.809. The number of hydrogen-bond acceptors (Lipinski definition) is 2. The molecule has 0 radical (unpaired) electrons. The van der Waals surface area contributed by atoms with Crippen LogP contribution in [0.4, 0.5) is 4.39 Å². The molecule has 1 N–H and O–H groups in total. The number of hydrogen-bond donors (Lipinski definition) is 1. The van der Waals surface area contributed by atoms with E-state index in [0.29, 0.717) is 24.8 Å². The van der Waals surface area contributed by atoms with Crippen molar-refractivity contribution in [3.05, 3.63) is 64.4 Å². The van der Waals surface area contributed by atoms with Gasteiger partial charge < -0.3 is 10.1 Å². The van der Waals surface area contributed by atoms with Crippen molar-refractivity contribution in [1.82, 2.24) is 5.32 Å². The van der Waals surface area contributed by atoms with Gasteiger partial charge in [-0.25, -0.2) is 4.39 Å². The maximum Gasteiger partial charge on any atom is 0.223 e. The van der Waals surface area contributed by atoms with Crippen molar-refractivity contribution in [2.75, 3.05) is 13.2 Å². The highest BCUT2D eigenvalue weighted by atomic mass is 79.9. The van der Waals surface area contributed by atoms with E-state index in [1.165, 1.54) is 17.7 Å². The molecule has 2 aromatic carbocycles. The molecular weight excluding hydrogens is 361 g/mol. The van der Waals surface area contributed by atoms with Crippen molar-refractivity contribution in [2.24, 2.45) is 5.92 Å². The summed E-state index contributed by atoms with van der Waals surface area (Å²) in [4.78, 5) is 12.1. The zero-order valence-corrected chi connectivity index (χ0v) is 14.1. The first-order valence-corrected chi connectivity index (χ1v) is 8.34. The van der Waals surface area contributed by atoms with Crippen LogP contribution in [0.1, 0.15) is 17.9 Å². The molecule has 0 aromatic heterocycles. The Balaban J connectivity index is 1.40. The second-order valence-electron chi connectivity index (χ2n) is 5.60. The third-order valence-electron chi connectivity index (χ3n) is 3.89. The monoisotopic (exact) mass is 377 g/mol. The van der Waals surface area contributed by atoms with Crippen LogP contribution in [0.3, 0.4) is 0 Å². The predicted octanol–water partition coefficient (Wildman–Crippen LogP) is 3.89. The Labute approximate surface area is 143 Å². The first-order chi connectivity index (χ1) is 11.1. The molecule has 2 atom stereocenters. The molecule has 0 bridgehead atoms. The second kappa shape index (κ2) is 7.13. The van der Waals surface area contributed by atoms with Gasteiger partial charge in [0.1, 0.15) is 18.2 Å². The standard InChI is InChI=1S/C18H17BrFNO2/c19-13-3-1-2-12(10-13)16-11-17(16)18(22)21-8-9-23-15-6-4-14(20)5-7-15/h1-7,10,16-17H,8-9,11H2,(H,21,22). The molecule has 1 aliphatic carbocycles. The zero-order valence-electron chi connectivity index (χ0n) is 12.5. The van der Waals surface area contributed by atoms with Gasteiger partial charge in [0, 0.05) is 10.4 Å². The number of amides is 1. The van der Waals surface area contributed by atoms with Crippen LogP contribution in [0.2, 0.25) is 0 Å². The topological polar surface area (TPSA) is 38.3 Å². The van der Waals surface area contributed by atoms with Gasteiger partial charge in [0.05, 0.1) is 6.54 Å². The van der Waals surface area contributed by atoms with E-state index in [-0.39, 0.29) is 17.6 Å². The van der Waals surface area contributed by atoms with Gasteiger partial charge in [-0.05, 0) is 54.3 Å². The SMILES string of the molecule is O=C(NCCOc1ccc(F)cc1)C1CC1c1cccc(Br)c1. The average Bonchev–Trinajstić information content (AvgIpc) is 3.34. The molecule has 0 saturated heterocycles. The fourth-order valence-corrected chi connectivity index (χ4v) is 3.01. The molecule has 0 aliphatic heterocycles. The van der Waals surface area contributed by atoms with Crippen LogP contribution in [0.15, 0.2) is 53.0 Å². The fourth-order valence-electron chi connectivity index (χ4n) is 2.60. The first kappa shape index (κ1) is 16.0. The quantitative estimate of drug-likeness (QED) is 0.775. The molecule has 3 nitrogen and oxygen atoms in total. The summed E-state index contributed by atoms with van der Waals surface area (Å²) in [7, 11) is 0. The summed E-state index contributed by atoms with van der Waals surface area (Å²) in [5, 5.41) is 2.89. The number of carbonyl (C=O) groups excluding carboxylic acids is 1. The van der Waals surface area contributed by atoms with E-state index in [4.69, 9.17) is 4.74 Å². The van der Waals surface area contributed by atoms with E-state index in [2.05, 4.69) is 33.4 Å². The van der Waals surface area contributed by atoms with Gasteiger partial charge in [-0.2, -0.15) is 0 Å². The summed E-state index contributed by atoms with van der Waals surface area (Å²) in [6, 6.07) is 13.9. The molecule has 0 spiro atoms. The van der Waals surface area contributed by atoms with E-state index in [0.717, 1.165) is 10.9 Å². The van der Waals surface area contributed by atoms with Gasteiger partial charge >= 0.3 is 0 Å². The summed E-state index contributed by atoms with van der Waals surface area (Å²) >= 11 is 3.45. The van der Waals surface area contributed by atoms with E-state index >= 15 is 0 Å². The van der Waals surface area contributed by atoms with Crippen LogP contribution < -0.4 is 10.1 Å². The Morgan fingerprint density at radius 3 is 2.78 bits per heavy atom. The summed E-state index contributed by atoms with van der Waals surface area (Å²) in [6.07, 6.45) is 0.890. The Hall–Kier alpha value is -1.88. The highest BCUT2D eigenvalue weighted by Crippen LogP contribution is 2.47. The fraction of sp³-hybridized carbons (Fsp3) is 0.278. The Kier molecular flexibility index (Phi) is 4.96. The largest absolute Gasteiger partial charge is 0.492 e. The Morgan fingerprint density at radius 1 is 1.26 bits per heavy atom. The maximum atomic E-state index is 12.8. The molecule has 5 heteroatoms. The van der Waals surface area contributed by atoms with E-state index < -0.39 is 0 Å². The molecule has 1 fully saturated rings. The van der Waals surface area contributed by atoms with Crippen LogP contribution >= 0.6 is 15.9 Å². The van der Waals surface area contributed by atoms with Crippen molar-refractivity contribution < 1.29 is 13.9 Å². The molecule has 2 aromatic rings. The maximum absolute atomic E-state index is 12.8. The molecule has 23 heavy (non-hydrogen) atoms. The van der Waals surface area contributed by atoms with E-state index in [9.17, 15) is 9.18 Å². The van der Waals surface area contributed by atoms with Crippen LogP contribution in [0.5, 0.6) is 5.75 Å². The van der Waals surface area contributed by atoms with Crippen LogP contribution in [0, 0.1) is 11.7 Å². The highest BCUT2D eigenvalue weighted by Gasteiger charge is 2.43. The third kappa shape index (κ3) is 4.32. The minimum atomic E-state index is -0.294. The minimum Gasteiger partial charge on any atom is -0.492 e. The van der Waals surface area contributed by atoms with Crippen molar-refractivity contribution >= 4 is 21.8 Å². The smallest absolute Gasteiger partial charge is 0.223 e. The van der Waals surface area contributed by atoms with Crippen molar-refractivity contribution in [2.45, 2.75) is 12.3 Å². The highest BCUT2D eigenvalue weighted by molar-refractivity contribution is 9.10. The number of benzene rings is 2. The van der Waals surface area contributed by atoms with E-state index in [1.807, 2.05) is 12.1 Å². The van der Waals surface area contributed by atoms with E-state index in [1.54, 1.807) is 12.1 Å². The lowest BCUT2D eigenvalue weighted by molar-refractivity contribution is -0.122. The van der Waals surface area contributed by atoms with Crippen molar-refractivity contribution in [1.29, 1.82) is 0 Å². The number of nitrogens with one attached hydrogen (secondary N) is 1. The Morgan fingerprint density at radius 2 is 2.04 bits per heavy atom. The second-order valence-corrected chi connectivity index (χ2v) is 6.51.